The lowest BCUT2D eigenvalue weighted by Gasteiger charge is -2.14. The van der Waals surface area contributed by atoms with Crippen LogP contribution in [0.4, 0.5) is 10.5 Å². The molecule has 0 spiro atoms. The molecule has 2 N–H and O–H groups in total. The van der Waals surface area contributed by atoms with Gasteiger partial charge in [0.2, 0.25) is 0 Å². The SMILES string of the molecule is NC(=O)N(S)c1cccc(OCCCCCCCOc2cccc3ccccc23)c1. The first kappa shape index (κ1) is 21.8. The normalized spacial score (nSPS) is 10.7. The van der Waals surface area contributed by atoms with Gasteiger partial charge in [-0.15, -0.1) is 0 Å². The lowest BCUT2D eigenvalue weighted by Crippen LogP contribution is -2.27. The minimum absolute atomic E-state index is 0.592. The summed E-state index contributed by atoms with van der Waals surface area (Å²) >= 11 is 4.06. The summed E-state index contributed by atoms with van der Waals surface area (Å²) in [6.45, 7) is 1.37. The van der Waals surface area contributed by atoms with Crippen LogP contribution in [-0.4, -0.2) is 19.2 Å². The highest BCUT2D eigenvalue weighted by Gasteiger charge is 2.08. The number of nitrogens with zero attached hydrogens (tertiary/aromatic N) is 1. The van der Waals surface area contributed by atoms with Gasteiger partial charge < -0.3 is 15.2 Å². The molecule has 3 aromatic rings. The number of hydrogen-bond donors (Lipinski definition) is 2. The first-order chi connectivity index (χ1) is 14.6. The molecule has 0 aromatic heterocycles. The van der Waals surface area contributed by atoms with Crippen molar-refractivity contribution in [2.45, 2.75) is 32.1 Å². The average Bonchev–Trinajstić information content (AvgIpc) is 2.77. The Bertz CT molecular complexity index is 959. The maximum absolute atomic E-state index is 11.2. The van der Waals surface area contributed by atoms with E-state index in [1.165, 1.54) is 5.39 Å². The fourth-order valence-corrected chi connectivity index (χ4v) is 3.38. The molecular weight excluding hydrogens is 396 g/mol. The molecule has 0 bridgehead atoms. The summed E-state index contributed by atoms with van der Waals surface area (Å²) in [7, 11) is 0. The number of carbonyl (C=O) groups is 1. The molecule has 30 heavy (non-hydrogen) atoms. The summed E-state index contributed by atoms with van der Waals surface area (Å²) in [5, 5.41) is 2.37. The molecule has 0 saturated carbocycles. The van der Waals surface area contributed by atoms with Crippen LogP contribution in [0.2, 0.25) is 0 Å². The van der Waals surface area contributed by atoms with E-state index in [1.54, 1.807) is 12.1 Å². The number of fused-ring (bicyclic) bond motifs is 1. The zero-order valence-electron chi connectivity index (χ0n) is 17.0. The second-order valence-electron chi connectivity index (χ2n) is 7.09. The van der Waals surface area contributed by atoms with Crippen molar-refractivity contribution >= 4 is 35.3 Å². The molecule has 0 heterocycles. The molecule has 0 aliphatic rings. The second-order valence-corrected chi connectivity index (χ2v) is 7.49. The van der Waals surface area contributed by atoms with Crippen LogP contribution >= 0.6 is 12.8 Å². The van der Waals surface area contributed by atoms with Crippen LogP contribution in [0.25, 0.3) is 10.8 Å². The standard InChI is InChI=1S/C24H28N2O3S/c25-24(27)26(30)20-12-9-13-21(18-20)28-16-6-2-1-3-7-17-29-23-15-8-11-19-10-4-5-14-22(19)23/h4-5,8-15,18,30H,1-3,6-7,16-17H2,(H2,25,27). The van der Waals surface area contributed by atoms with Gasteiger partial charge in [0, 0.05) is 11.5 Å². The summed E-state index contributed by atoms with van der Waals surface area (Å²) in [5.41, 5.74) is 5.82. The number of unbranched alkanes of at least 4 members (excludes halogenated alkanes) is 4. The summed E-state index contributed by atoms with van der Waals surface area (Å²) < 4.78 is 12.8. The molecule has 3 aromatic carbocycles. The Hall–Kier alpha value is -2.86. The number of benzene rings is 3. The molecular formula is C24H28N2O3S. The van der Waals surface area contributed by atoms with E-state index in [-0.39, 0.29) is 0 Å². The van der Waals surface area contributed by atoms with Crippen molar-refractivity contribution < 1.29 is 14.3 Å². The van der Waals surface area contributed by atoms with E-state index in [4.69, 9.17) is 15.2 Å². The number of carbonyl (C=O) groups excluding carboxylic acids is 1. The van der Waals surface area contributed by atoms with E-state index in [0.717, 1.165) is 54.2 Å². The molecule has 5 nitrogen and oxygen atoms in total. The lowest BCUT2D eigenvalue weighted by atomic mass is 10.1. The summed E-state index contributed by atoms with van der Waals surface area (Å²) in [6, 6.07) is 21.0. The van der Waals surface area contributed by atoms with E-state index in [9.17, 15) is 4.79 Å². The molecule has 0 fully saturated rings. The minimum atomic E-state index is -0.625. The zero-order chi connectivity index (χ0) is 21.2. The van der Waals surface area contributed by atoms with Crippen LogP contribution in [-0.2, 0) is 0 Å². The van der Waals surface area contributed by atoms with E-state index >= 15 is 0 Å². The maximum atomic E-state index is 11.2. The quantitative estimate of drug-likeness (QED) is 0.294. The summed E-state index contributed by atoms with van der Waals surface area (Å²) in [4.78, 5) is 11.2. The number of hydrogen-bond acceptors (Lipinski definition) is 4. The van der Waals surface area contributed by atoms with Crippen molar-refractivity contribution in [1.29, 1.82) is 0 Å². The van der Waals surface area contributed by atoms with E-state index in [1.807, 2.05) is 36.4 Å². The second kappa shape index (κ2) is 11.4. The monoisotopic (exact) mass is 424 g/mol. The van der Waals surface area contributed by atoms with Gasteiger partial charge in [0.25, 0.3) is 0 Å². The number of amides is 2. The molecule has 0 aliphatic carbocycles. The van der Waals surface area contributed by atoms with Crippen molar-refractivity contribution in [3.63, 3.8) is 0 Å². The fourth-order valence-electron chi connectivity index (χ4n) is 3.26. The number of ether oxygens (including phenoxy) is 2. The van der Waals surface area contributed by atoms with Crippen molar-refractivity contribution in [2.24, 2.45) is 5.73 Å². The third kappa shape index (κ3) is 6.32. The summed E-state index contributed by atoms with van der Waals surface area (Å²) in [5.74, 6) is 1.66. The average molecular weight is 425 g/mol. The number of nitrogens with two attached hydrogens (primary N) is 1. The van der Waals surface area contributed by atoms with Crippen molar-refractivity contribution in [2.75, 3.05) is 17.5 Å². The van der Waals surface area contributed by atoms with Gasteiger partial charge >= 0.3 is 6.03 Å². The number of rotatable bonds is 11. The van der Waals surface area contributed by atoms with Gasteiger partial charge in [0.1, 0.15) is 11.5 Å². The Labute approximate surface area is 183 Å². The van der Waals surface area contributed by atoms with Crippen molar-refractivity contribution in [3.8, 4) is 11.5 Å². The highest BCUT2D eigenvalue weighted by Crippen LogP contribution is 2.25. The first-order valence-electron chi connectivity index (χ1n) is 10.3. The van der Waals surface area contributed by atoms with Gasteiger partial charge in [-0.2, -0.15) is 0 Å². The molecule has 0 radical (unpaired) electrons. The molecule has 0 aliphatic heterocycles. The van der Waals surface area contributed by atoms with Gasteiger partial charge in [-0.05, 0) is 36.4 Å². The Morgan fingerprint density at radius 1 is 0.833 bits per heavy atom. The first-order valence-corrected chi connectivity index (χ1v) is 10.7. The van der Waals surface area contributed by atoms with Crippen LogP contribution in [0.5, 0.6) is 11.5 Å². The Morgan fingerprint density at radius 3 is 2.30 bits per heavy atom. The molecule has 158 valence electrons. The van der Waals surface area contributed by atoms with Gasteiger partial charge in [-0.25, -0.2) is 9.10 Å². The Morgan fingerprint density at radius 2 is 1.50 bits per heavy atom. The van der Waals surface area contributed by atoms with Gasteiger partial charge in [0.05, 0.1) is 18.9 Å². The predicted octanol–water partition coefficient (Wildman–Crippen LogP) is 5.98. The van der Waals surface area contributed by atoms with Crippen LogP contribution in [0.15, 0.2) is 66.7 Å². The van der Waals surface area contributed by atoms with Crippen LogP contribution in [0, 0.1) is 0 Å². The van der Waals surface area contributed by atoms with Crippen LogP contribution in [0.3, 0.4) is 0 Å². The highest BCUT2D eigenvalue weighted by atomic mass is 32.1. The lowest BCUT2D eigenvalue weighted by molar-refractivity contribution is 0.257. The molecule has 3 rings (SSSR count). The minimum Gasteiger partial charge on any atom is -0.494 e. The number of thiol groups is 1. The fraction of sp³-hybridized carbons (Fsp3) is 0.292. The Balaban J connectivity index is 1.28. The van der Waals surface area contributed by atoms with E-state index in [2.05, 4.69) is 31.0 Å². The zero-order valence-corrected chi connectivity index (χ0v) is 17.9. The van der Waals surface area contributed by atoms with Gasteiger partial charge in [-0.1, -0.05) is 74.5 Å². The van der Waals surface area contributed by atoms with Gasteiger partial charge in [0.15, 0.2) is 0 Å². The smallest absolute Gasteiger partial charge is 0.329 e. The molecule has 0 saturated heterocycles. The molecule has 2 amide bonds. The molecule has 0 atom stereocenters. The van der Waals surface area contributed by atoms with E-state index < -0.39 is 6.03 Å². The third-order valence-corrected chi connectivity index (χ3v) is 5.26. The van der Waals surface area contributed by atoms with E-state index in [0.29, 0.717) is 18.0 Å². The van der Waals surface area contributed by atoms with Crippen molar-refractivity contribution in [3.05, 3.63) is 66.7 Å². The topological polar surface area (TPSA) is 64.8 Å². The molecule has 0 unspecified atom stereocenters. The maximum Gasteiger partial charge on any atom is 0.329 e. The number of anilines is 1. The highest BCUT2D eigenvalue weighted by molar-refractivity contribution is 7.82. The third-order valence-electron chi connectivity index (χ3n) is 4.84. The number of urea groups is 1. The largest absolute Gasteiger partial charge is 0.494 e. The predicted molar refractivity (Wildman–Crippen MR) is 126 cm³/mol. The van der Waals surface area contributed by atoms with Gasteiger partial charge in [-0.3, -0.25) is 0 Å². The van der Waals surface area contributed by atoms with Crippen LogP contribution < -0.4 is 19.5 Å². The number of primary amides is 1. The molecule has 6 heteroatoms. The van der Waals surface area contributed by atoms with Crippen LogP contribution in [0.1, 0.15) is 32.1 Å². The van der Waals surface area contributed by atoms with Crippen molar-refractivity contribution in [1.82, 2.24) is 0 Å². The summed E-state index contributed by atoms with van der Waals surface area (Å²) in [6.07, 6.45) is 5.40. The Kier molecular flexibility index (Phi) is 8.27.